The zero-order valence-electron chi connectivity index (χ0n) is 13.3. The summed E-state index contributed by atoms with van der Waals surface area (Å²) in [7, 11) is 2.16. The SMILES string of the molecule is CCCCOCC(O)CNCCCCN(C)C(C)C. The zero-order chi connectivity index (χ0) is 14.5. The molecule has 0 saturated heterocycles. The summed E-state index contributed by atoms with van der Waals surface area (Å²) >= 11 is 0. The number of hydrogen-bond donors (Lipinski definition) is 2. The molecule has 0 bridgehead atoms. The first-order chi connectivity index (χ1) is 9.07. The molecular formula is C15H34N2O2. The molecule has 0 heterocycles. The van der Waals surface area contributed by atoms with E-state index in [0.717, 1.165) is 39.0 Å². The molecule has 116 valence electrons. The lowest BCUT2D eigenvalue weighted by atomic mass is 10.2. The van der Waals surface area contributed by atoms with E-state index in [1.165, 1.54) is 6.42 Å². The second-order valence-electron chi connectivity index (χ2n) is 5.57. The Bertz CT molecular complexity index is 189. The van der Waals surface area contributed by atoms with E-state index in [1.807, 2.05) is 0 Å². The maximum absolute atomic E-state index is 9.67. The van der Waals surface area contributed by atoms with Gasteiger partial charge >= 0.3 is 0 Å². The van der Waals surface area contributed by atoms with Crippen molar-refractivity contribution >= 4 is 0 Å². The van der Waals surface area contributed by atoms with Gasteiger partial charge in [0.1, 0.15) is 0 Å². The van der Waals surface area contributed by atoms with Gasteiger partial charge in [0.05, 0.1) is 12.7 Å². The first-order valence-electron chi connectivity index (χ1n) is 7.74. The number of ether oxygens (including phenoxy) is 1. The highest BCUT2D eigenvalue weighted by Gasteiger charge is 2.04. The summed E-state index contributed by atoms with van der Waals surface area (Å²) in [6.45, 7) is 10.5. The Labute approximate surface area is 119 Å². The van der Waals surface area contributed by atoms with Gasteiger partial charge in [-0.15, -0.1) is 0 Å². The number of nitrogens with one attached hydrogen (secondary N) is 1. The van der Waals surface area contributed by atoms with Gasteiger partial charge in [-0.1, -0.05) is 13.3 Å². The normalized spacial score (nSPS) is 13.4. The molecule has 0 aliphatic carbocycles. The Morgan fingerprint density at radius 2 is 1.95 bits per heavy atom. The predicted molar refractivity (Wildman–Crippen MR) is 81.6 cm³/mol. The molecule has 0 fully saturated rings. The Kier molecular flexibility index (Phi) is 12.7. The second-order valence-corrected chi connectivity index (χ2v) is 5.57. The first-order valence-corrected chi connectivity index (χ1v) is 7.74. The van der Waals surface area contributed by atoms with Crippen molar-refractivity contribution in [3.05, 3.63) is 0 Å². The number of aliphatic hydroxyl groups excluding tert-OH is 1. The number of aliphatic hydroxyl groups is 1. The van der Waals surface area contributed by atoms with Crippen LogP contribution in [0.4, 0.5) is 0 Å². The lowest BCUT2D eigenvalue weighted by molar-refractivity contribution is 0.0359. The van der Waals surface area contributed by atoms with Gasteiger partial charge in [0.15, 0.2) is 0 Å². The van der Waals surface area contributed by atoms with Crippen molar-refractivity contribution in [3.8, 4) is 0 Å². The average molecular weight is 274 g/mol. The standard InChI is InChI=1S/C15H34N2O2/c1-5-6-11-19-13-15(18)12-16-9-7-8-10-17(4)14(2)3/h14-16,18H,5-13H2,1-4H3. The smallest absolute Gasteiger partial charge is 0.0897 e. The summed E-state index contributed by atoms with van der Waals surface area (Å²) in [5, 5.41) is 13.0. The number of hydrogen-bond acceptors (Lipinski definition) is 4. The van der Waals surface area contributed by atoms with Crippen molar-refractivity contribution in [1.82, 2.24) is 10.2 Å². The Morgan fingerprint density at radius 3 is 2.58 bits per heavy atom. The molecule has 0 rings (SSSR count). The summed E-state index contributed by atoms with van der Waals surface area (Å²) in [4.78, 5) is 2.36. The molecule has 4 heteroatoms. The van der Waals surface area contributed by atoms with Crippen molar-refractivity contribution in [2.45, 2.75) is 58.6 Å². The van der Waals surface area contributed by atoms with Crippen LogP contribution in [0.2, 0.25) is 0 Å². The van der Waals surface area contributed by atoms with Crippen LogP contribution >= 0.6 is 0 Å². The van der Waals surface area contributed by atoms with E-state index in [0.29, 0.717) is 19.2 Å². The molecule has 0 saturated carbocycles. The quantitative estimate of drug-likeness (QED) is 0.503. The molecule has 0 aromatic rings. The highest BCUT2D eigenvalue weighted by Crippen LogP contribution is 1.97. The van der Waals surface area contributed by atoms with E-state index in [2.05, 4.69) is 38.0 Å². The Morgan fingerprint density at radius 1 is 1.21 bits per heavy atom. The highest BCUT2D eigenvalue weighted by molar-refractivity contribution is 4.60. The number of unbranched alkanes of at least 4 members (excludes halogenated alkanes) is 2. The fraction of sp³-hybridized carbons (Fsp3) is 1.00. The summed E-state index contributed by atoms with van der Waals surface area (Å²) in [6.07, 6.45) is 4.18. The topological polar surface area (TPSA) is 44.7 Å². The van der Waals surface area contributed by atoms with Crippen molar-refractivity contribution < 1.29 is 9.84 Å². The molecule has 0 aliphatic rings. The third kappa shape index (κ3) is 12.6. The molecule has 4 nitrogen and oxygen atoms in total. The lowest BCUT2D eigenvalue weighted by Crippen LogP contribution is -2.32. The monoisotopic (exact) mass is 274 g/mol. The molecule has 0 aromatic heterocycles. The van der Waals surface area contributed by atoms with Gasteiger partial charge in [-0.3, -0.25) is 0 Å². The van der Waals surface area contributed by atoms with Gasteiger partial charge in [-0.05, 0) is 53.2 Å². The maximum Gasteiger partial charge on any atom is 0.0897 e. The molecule has 1 atom stereocenters. The van der Waals surface area contributed by atoms with Crippen LogP contribution < -0.4 is 5.32 Å². The molecule has 0 amide bonds. The van der Waals surface area contributed by atoms with Gasteiger partial charge in [-0.25, -0.2) is 0 Å². The van der Waals surface area contributed by atoms with Crippen molar-refractivity contribution in [2.24, 2.45) is 0 Å². The van der Waals surface area contributed by atoms with Crippen LogP contribution in [0.25, 0.3) is 0 Å². The molecule has 0 aliphatic heterocycles. The van der Waals surface area contributed by atoms with E-state index in [1.54, 1.807) is 0 Å². The molecule has 0 radical (unpaired) electrons. The second kappa shape index (κ2) is 12.9. The van der Waals surface area contributed by atoms with E-state index in [4.69, 9.17) is 4.74 Å². The third-order valence-electron chi connectivity index (χ3n) is 3.33. The van der Waals surface area contributed by atoms with E-state index in [9.17, 15) is 5.11 Å². The lowest BCUT2D eigenvalue weighted by Gasteiger charge is -2.20. The van der Waals surface area contributed by atoms with Crippen LogP contribution in [0.3, 0.4) is 0 Å². The first kappa shape index (κ1) is 18.8. The van der Waals surface area contributed by atoms with Crippen LogP contribution in [0.15, 0.2) is 0 Å². The molecule has 0 aromatic carbocycles. The summed E-state index contributed by atoms with van der Waals surface area (Å²) in [5.74, 6) is 0. The fourth-order valence-electron chi connectivity index (χ4n) is 1.66. The molecule has 2 N–H and O–H groups in total. The van der Waals surface area contributed by atoms with Gasteiger partial charge in [0.2, 0.25) is 0 Å². The van der Waals surface area contributed by atoms with Crippen LogP contribution in [-0.2, 0) is 4.74 Å². The van der Waals surface area contributed by atoms with Crippen LogP contribution in [-0.4, -0.2) is 62.0 Å². The largest absolute Gasteiger partial charge is 0.389 e. The summed E-state index contributed by atoms with van der Waals surface area (Å²) in [5.41, 5.74) is 0. The molecule has 0 spiro atoms. The predicted octanol–water partition coefficient (Wildman–Crippen LogP) is 1.87. The highest BCUT2D eigenvalue weighted by atomic mass is 16.5. The maximum atomic E-state index is 9.67. The zero-order valence-corrected chi connectivity index (χ0v) is 13.3. The van der Waals surface area contributed by atoms with Crippen molar-refractivity contribution in [3.63, 3.8) is 0 Å². The number of rotatable bonds is 13. The van der Waals surface area contributed by atoms with Crippen molar-refractivity contribution in [2.75, 3.05) is 39.9 Å². The molecule has 19 heavy (non-hydrogen) atoms. The van der Waals surface area contributed by atoms with Crippen LogP contribution in [0.5, 0.6) is 0 Å². The van der Waals surface area contributed by atoms with Gasteiger partial charge in [0, 0.05) is 19.2 Å². The summed E-state index contributed by atoms with van der Waals surface area (Å²) < 4.78 is 5.38. The molecular weight excluding hydrogens is 240 g/mol. The average Bonchev–Trinajstić information content (AvgIpc) is 2.38. The third-order valence-corrected chi connectivity index (χ3v) is 3.33. The molecule has 1 unspecified atom stereocenters. The minimum Gasteiger partial charge on any atom is -0.389 e. The van der Waals surface area contributed by atoms with Crippen LogP contribution in [0.1, 0.15) is 46.5 Å². The fourth-order valence-corrected chi connectivity index (χ4v) is 1.66. The summed E-state index contributed by atoms with van der Waals surface area (Å²) in [6, 6.07) is 0.620. The van der Waals surface area contributed by atoms with E-state index < -0.39 is 0 Å². The van der Waals surface area contributed by atoms with E-state index >= 15 is 0 Å². The minimum atomic E-state index is -0.379. The van der Waals surface area contributed by atoms with Crippen LogP contribution in [0, 0.1) is 0 Å². The number of nitrogens with zero attached hydrogens (tertiary/aromatic N) is 1. The van der Waals surface area contributed by atoms with E-state index in [-0.39, 0.29) is 6.10 Å². The Hall–Kier alpha value is -0.160. The van der Waals surface area contributed by atoms with Gasteiger partial charge in [0.25, 0.3) is 0 Å². The van der Waals surface area contributed by atoms with Gasteiger partial charge < -0.3 is 20.1 Å². The minimum absolute atomic E-state index is 0.379. The van der Waals surface area contributed by atoms with Gasteiger partial charge in [-0.2, -0.15) is 0 Å². The Balaban J connectivity index is 3.25. The van der Waals surface area contributed by atoms with Crippen molar-refractivity contribution in [1.29, 1.82) is 0 Å².